The summed E-state index contributed by atoms with van der Waals surface area (Å²) in [6, 6.07) is 11.0. The minimum atomic E-state index is -0.639. The highest BCUT2D eigenvalue weighted by Crippen LogP contribution is 2.32. The Kier molecular flexibility index (Phi) is 13.4. The molecule has 15 heteroatoms. The molecule has 0 radical (unpaired) electrons. The number of nitrogens with one attached hydrogen (secondary N) is 3. The van der Waals surface area contributed by atoms with Crippen LogP contribution in [0.1, 0.15) is 92.1 Å². The molecule has 0 spiro atoms. The normalized spacial score (nSPS) is 20.1. The Bertz CT molecular complexity index is 1660. The summed E-state index contributed by atoms with van der Waals surface area (Å²) in [4.78, 5) is 23.2. The molecule has 52 heavy (non-hydrogen) atoms. The highest BCUT2D eigenvalue weighted by Gasteiger charge is 2.33. The quantitative estimate of drug-likeness (QED) is 0.151. The van der Waals surface area contributed by atoms with Crippen molar-refractivity contribution < 1.29 is 19.0 Å². The van der Waals surface area contributed by atoms with E-state index in [1.165, 1.54) is 4.80 Å². The molecular formula is C37H53ClN10O4. The molecule has 4 heterocycles. The van der Waals surface area contributed by atoms with Crippen molar-refractivity contribution in [1.82, 2.24) is 35.5 Å². The zero-order valence-corrected chi connectivity index (χ0v) is 31.9. The lowest BCUT2D eigenvalue weighted by Crippen LogP contribution is -2.43. The molecular weight excluding hydrogens is 684 g/mol. The highest BCUT2D eigenvalue weighted by molar-refractivity contribution is 6.33. The van der Waals surface area contributed by atoms with Crippen LogP contribution in [-0.4, -0.2) is 80.6 Å². The summed E-state index contributed by atoms with van der Waals surface area (Å²) in [6.07, 6.45) is 6.48. The van der Waals surface area contributed by atoms with Gasteiger partial charge in [-0.25, -0.2) is 9.97 Å². The van der Waals surface area contributed by atoms with Crippen LogP contribution in [0.5, 0.6) is 0 Å². The maximum Gasteiger partial charge on any atom is 0.313 e. The van der Waals surface area contributed by atoms with Crippen molar-refractivity contribution in [1.29, 1.82) is 5.26 Å². The molecule has 0 amide bonds. The topological polar surface area (TPSA) is 174 Å². The molecule has 1 saturated heterocycles. The van der Waals surface area contributed by atoms with Crippen LogP contribution < -0.4 is 16.0 Å². The number of pyridine rings is 2. The minimum absolute atomic E-state index is 0.0282. The van der Waals surface area contributed by atoms with Gasteiger partial charge in [0.2, 0.25) is 12.1 Å². The number of hydrogen-bond donors (Lipinski definition) is 3. The Balaban J connectivity index is 1.05. The van der Waals surface area contributed by atoms with Crippen molar-refractivity contribution in [2.75, 3.05) is 37.0 Å². The third kappa shape index (κ3) is 10.8. The van der Waals surface area contributed by atoms with Crippen LogP contribution in [-0.2, 0) is 25.6 Å². The van der Waals surface area contributed by atoms with E-state index in [4.69, 9.17) is 30.8 Å². The fourth-order valence-corrected chi connectivity index (χ4v) is 6.50. The van der Waals surface area contributed by atoms with Gasteiger partial charge in [0.05, 0.1) is 34.2 Å². The second kappa shape index (κ2) is 17.7. The van der Waals surface area contributed by atoms with E-state index in [0.717, 1.165) is 42.8 Å². The van der Waals surface area contributed by atoms with Crippen LogP contribution in [0.25, 0.3) is 11.3 Å². The molecule has 0 bridgehead atoms. The number of ether oxygens (including phenoxy) is 3. The van der Waals surface area contributed by atoms with E-state index in [-0.39, 0.29) is 24.5 Å². The molecule has 282 valence electrons. The summed E-state index contributed by atoms with van der Waals surface area (Å²) in [5, 5.41) is 33.7. The van der Waals surface area contributed by atoms with Gasteiger partial charge in [0.25, 0.3) is 0 Å². The van der Waals surface area contributed by atoms with Gasteiger partial charge in [0.1, 0.15) is 18.2 Å². The molecule has 3 aromatic rings. The summed E-state index contributed by atoms with van der Waals surface area (Å²) >= 11 is 6.61. The van der Waals surface area contributed by atoms with E-state index >= 15 is 0 Å². The molecule has 2 aliphatic rings. The summed E-state index contributed by atoms with van der Waals surface area (Å²) in [6.45, 7) is 13.9. The molecule has 2 atom stereocenters. The predicted octanol–water partition coefficient (Wildman–Crippen LogP) is 6.18. The lowest BCUT2D eigenvalue weighted by Gasteiger charge is -2.32. The summed E-state index contributed by atoms with van der Waals surface area (Å²) in [5.74, 6) is 1.56. The number of hydrogen-bond acceptors (Lipinski definition) is 13. The monoisotopic (exact) mass is 736 g/mol. The van der Waals surface area contributed by atoms with Gasteiger partial charge in [-0.2, -0.15) is 5.26 Å². The second-order valence-electron chi connectivity index (χ2n) is 15.4. The first-order valence-electron chi connectivity index (χ1n) is 18.3. The van der Waals surface area contributed by atoms with Gasteiger partial charge in [-0.05, 0) is 89.6 Å². The van der Waals surface area contributed by atoms with Crippen LogP contribution in [0.4, 0.5) is 11.6 Å². The number of esters is 1. The van der Waals surface area contributed by atoms with E-state index in [0.29, 0.717) is 68.0 Å². The van der Waals surface area contributed by atoms with Crippen LogP contribution >= 0.6 is 11.6 Å². The molecule has 14 nitrogen and oxygen atoms in total. The Morgan fingerprint density at radius 2 is 1.87 bits per heavy atom. The molecule has 1 saturated carbocycles. The first-order chi connectivity index (χ1) is 24.8. The van der Waals surface area contributed by atoms with Gasteiger partial charge in [0, 0.05) is 55.6 Å². The maximum atomic E-state index is 12.5. The van der Waals surface area contributed by atoms with Gasteiger partial charge < -0.3 is 30.2 Å². The smallest absolute Gasteiger partial charge is 0.313 e. The molecule has 0 unspecified atom stereocenters. The highest BCUT2D eigenvalue weighted by atomic mass is 35.5. The number of halogens is 1. The van der Waals surface area contributed by atoms with Gasteiger partial charge in [-0.1, -0.05) is 31.5 Å². The molecule has 2 fully saturated rings. The Morgan fingerprint density at radius 3 is 2.56 bits per heavy atom. The fraction of sp³-hybridized carbons (Fsp3) is 0.649. The summed E-state index contributed by atoms with van der Waals surface area (Å²) < 4.78 is 17.1. The van der Waals surface area contributed by atoms with E-state index in [1.807, 2.05) is 58.9 Å². The zero-order chi connectivity index (χ0) is 37.3. The largest absolute Gasteiger partial charge is 0.437 e. The number of anilines is 2. The standard InChI is InChI=1S/C37H53ClN10O4/c1-24(2)34(52-35(49)36(4,5)6)48-46-33(45-47-48)21-51-20-25(3)42-26-10-12-27(13-11-26)43-32-18-28(29(38)19-40-32)30-8-7-9-31(44-30)41-23-37(22-39)14-16-50-17-15-37/h7-9,18-19,24-27,34,42H,10-17,20-21,23H2,1-6H3,(H,40,43)(H,41,44)/t25-,26?,27?,34-/m1/s1. The van der Waals surface area contributed by atoms with E-state index < -0.39 is 17.1 Å². The predicted molar refractivity (Wildman–Crippen MR) is 198 cm³/mol. The van der Waals surface area contributed by atoms with Crippen LogP contribution in [0.2, 0.25) is 5.02 Å². The Hall–Kier alpha value is -3.90. The molecule has 1 aliphatic heterocycles. The van der Waals surface area contributed by atoms with E-state index in [1.54, 1.807) is 6.20 Å². The summed E-state index contributed by atoms with van der Waals surface area (Å²) in [5.41, 5.74) is 0.462. The Morgan fingerprint density at radius 1 is 1.13 bits per heavy atom. The van der Waals surface area contributed by atoms with Crippen molar-refractivity contribution in [2.24, 2.45) is 16.7 Å². The van der Waals surface area contributed by atoms with Gasteiger partial charge >= 0.3 is 5.97 Å². The SMILES string of the molecule is CC(C)[C@@H](OC(=O)C(C)(C)C)n1nnc(COC[C@@H](C)NC2CCC(Nc3cc(-c4cccc(NCC5(C#N)CCOCC5)n4)c(Cl)cn3)CC2)n1. The van der Waals surface area contributed by atoms with Crippen molar-refractivity contribution in [3.63, 3.8) is 0 Å². The van der Waals surface area contributed by atoms with E-state index in [9.17, 15) is 10.1 Å². The van der Waals surface area contributed by atoms with Crippen molar-refractivity contribution in [2.45, 2.75) is 111 Å². The molecule has 3 N–H and O–H groups in total. The van der Waals surface area contributed by atoms with Gasteiger partial charge in [-0.15, -0.1) is 15.0 Å². The molecule has 0 aromatic carbocycles. The molecule has 1 aliphatic carbocycles. The van der Waals surface area contributed by atoms with Crippen LogP contribution in [0.3, 0.4) is 0 Å². The number of nitriles is 1. The van der Waals surface area contributed by atoms with Crippen molar-refractivity contribution in [3.05, 3.63) is 41.3 Å². The van der Waals surface area contributed by atoms with Gasteiger partial charge in [-0.3, -0.25) is 4.79 Å². The first-order valence-corrected chi connectivity index (χ1v) is 18.7. The van der Waals surface area contributed by atoms with Gasteiger partial charge in [0.15, 0.2) is 0 Å². The molecule has 3 aromatic heterocycles. The number of nitrogens with zero attached hydrogens (tertiary/aromatic N) is 7. The minimum Gasteiger partial charge on any atom is -0.437 e. The lowest BCUT2D eigenvalue weighted by molar-refractivity contribution is -0.169. The average Bonchev–Trinajstić information content (AvgIpc) is 3.59. The van der Waals surface area contributed by atoms with Crippen LogP contribution in [0.15, 0.2) is 30.5 Å². The lowest BCUT2D eigenvalue weighted by atomic mass is 9.82. The fourth-order valence-electron chi connectivity index (χ4n) is 6.30. The van der Waals surface area contributed by atoms with Crippen molar-refractivity contribution in [3.8, 4) is 17.3 Å². The number of carbonyl (C=O) groups excluding carboxylic acids is 1. The second-order valence-corrected chi connectivity index (χ2v) is 15.8. The third-order valence-corrected chi connectivity index (χ3v) is 9.78. The third-order valence-electron chi connectivity index (χ3n) is 9.48. The number of rotatable bonds is 15. The zero-order valence-electron chi connectivity index (χ0n) is 31.2. The number of aromatic nitrogens is 6. The van der Waals surface area contributed by atoms with E-state index in [2.05, 4.69) is 49.3 Å². The van der Waals surface area contributed by atoms with Crippen molar-refractivity contribution >= 4 is 29.2 Å². The number of carbonyl (C=O) groups is 1. The summed E-state index contributed by atoms with van der Waals surface area (Å²) in [7, 11) is 0. The molecule has 5 rings (SSSR count). The Labute approximate surface area is 311 Å². The average molecular weight is 737 g/mol. The number of tetrazole rings is 1. The van der Waals surface area contributed by atoms with Crippen LogP contribution in [0, 0.1) is 28.1 Å². The maximum absolute atomic E-state index is 12.5. The first kappa shape index (κ1) is 39.3.